The molecule has 7 nitrogen and oxygen atoms in total. The molecule has 0 spiro atoms. The molecule has 0 aliphatic carbocycles. The smallest absolute Gasteiger partial charge is 0.257 e. The first-order valence-corrected chi connectivity index (χ1v) is 13.3. The summed E-state index contributed by atoms with van der Waals surface area (Å²) >= 11 is 0. The van der Waals surface area contributed by atoms with Gasteiger partial charge in [-0.3, -0.25) is 19.4 Å². The van der Waals surface area contributed by atoms with Crippen molar-refractivity contribution in [1.82, 2.24) is 14.8 Å². The number of benzene rings is 1. The third-order valence-corrected chi connectivity index (χ3v) is 7.02. The number of pyridine rings is 1. The van der Waals surface area contributed by atoms with Crippen LogP contribution in [0.5, 0.6) is 0 Å². The number of hydrogen-bond acceptors (Lipinski definition) is 5. The van der Waals surface area contributed by atoms with E-state index in [0.717, 1.165) is 39.1 Å². The Balaban J connectivity index is 1.44. The molecular weight excluding hydrogens is 438 g/mol. The number of nitrogens with zero attached hydrogens (tertiary/aromatic N) is 4. The van der Waals surface area contributed by atoms with Crippen LogP contribution in [0.1, 0.15) is 69.2 Å². The van der Waals surface area contributed by atoms with Gasteiger partial charge in [-0.25, -0.2) is 4.98 Å². The van der Waals surface area contributed by atoms with E-state index in [0.29, 0.717) is 35.2 Å². The van der Waals surface area contributed by atoms with Crippen molar-refractivity contribution in [1.29, 1.82) is 0 Å². The standard InChI is InChI=1S/C28H39N5O2/c1-3-17-31(18-4-2)21-22-11-7-8-19-32(22)20-10-15-26(34)33-25-14-6-5-12-23(25)28(35)30-24-13-9-16-29-27(24)33/h5-6,9,12-14,16,22H,3-4,7-8,10-11,15,17-21H2,1-2H3,(H,30,35). The topological polar surface area (TPSA) is 68.8 Å². The van der Waals surface area contributed by atoms with Gasteiger partial charge in [-0.15, -0.1) is 0 Å². The highest BCUT2D eigenvalue weighted by Crippen LogP contribution is 2.36. The number of rotatable bonds is 10. The van der Waals surface area contributed by atoms with E-state index in [1.54, 1.807) is 29.3 Å². The summed E-state index contributed by atoms with van der Waals surface area (Å²) in [4.78, 5) is 37.7. The van der Waals surface area contributed by atoms with E-state index in [9.17, 15) is 9.59 Å². The lowest BCUT2D eigenvalue weighted by Gasteiger charge is -2.39. The minimum atomic E-state index is -0.218. The van der Waals surface area contributed by atoms with Crippen LogP contribution in [0.3, 0.4) is 0 Å². The van der Waals surface area contributed by atoms with E-state index in [1.165, 1.54) is 32.1 Å². The molecule has 4 rings (SSSR count). The van der Waals surface area contributed by atoms with E-state index in [2.05, 4.69) is 33.9 Å². The van der Waals surface area contributed by atoms with Crippen molar-refractivity contribution in [2.24, 2.45) is 0 Å². The lowest BCUT2D eigenvalue weighted by atomic mass is 10.0. The van der Waals surface area contributed by atoms with Gasteiger partial charge in [0, 0.05) is 25.2 Å². The van der Waals surface area contributed by atoms with Crippen LogP contribution in [0.25, 0.3) is 0 Å². The Bertz CT molecular complexity index is 1000. The average Bonchev–Trinajstić information content (AvgIpc) is 2.99. The van der Waals surface area contributed by atoms with Crippen molar-refractivity contribution >= 4 is 29.0 Å². The minimum Gasteiger partial charge on any atom is -0.319 e. The summed E-state index contributed by atoms with van der Waals surface area (Å²) < 4.78 is 0. The maximum Gasteiger partial charge on any atom is 0.257 e. The molecule has 3 heterocycles. The zero-order chi connectivity index (χ0) is 24.6. The van der Waals surface area contributed by atoms with Crippen LogP contribution in [0.2, 0.25) is 0 Å². The van der Waals surface area contributed by atoms with Gasteiger partial charge in [0.2, 0.25) is 5.91 Å². The fourth-order valence-electron chi connectivity index (χ4n) is 5.42. The first-order chi connectivity index (χ1) is 17.1. The fraction of sp³-hybridized carbons (Fsp3) is 0.536. The van der Waals surface area contributed by atoms with Gasteiger partial charge in [0.1, 0.15) is 0 Å². The number of carbonyl (C=O) groups is 2. The molecule has 0 bridgehead atoms. The van der Waals surface area contributed by atoms with E-state index in [-0.39, 0.29) is 11.8 Å². The molecule has 1 fully saturated rings. The Hall–Kier alpha value is -2.77. The van der Waals surface area contributed by atoms with Crippen molar-refractivity contribution < 1.29 is 9.59 Å². The maximum absolute atomic E-state index is 13.6. The Morgan fingerprint density at radius 1 is 1.11 bits per heavy atom. The number of amides is 2. The number of carbonyl (C=O) groups excluding carboxylic acids is 2. The molecular formula is C28H39N5O2. The molecule has 188 valence electrons. The van der Waals surface area contributed by atoms with Gasteiger partial charge < -0.3 is 10.2 Å². The maximum atomic E-state index is 13.6. The lowest BCUT2D eigenvalue weighted by Crippen LogP contribution is -2.47. The largest absolute Gasteiger partial charge is 0.319 e. The molecule has 1 aromatic heterocycles. The normalized spacial score (nSPS) is 18.1. The van der Waals surface area contributed by atoms with Crippen molar-refractivity contribution in [2.75, 3.05) is 42.9 Å². The van der Waals surface area contributed by atoms with E-state index < -0.39 is 0 Å². The molecule has 2 aliphatic heterocycles. The molecule has 1 unspecified atom stereocenters. The molecule has 2 amide bonds. The van der Waals surface area contributed by atoms with Crippen LogP contribution in [0.15, 0.2) is 42.6 Å². The first-order valence-electron chi connectivity index (χ1n) is 13.3. The van der Waals surface area contributed by atoms with E-state index >= 15 is 0 Å². The summed E-state index contributed by atoms with van der Waals surface area (Å²) in [5.41, 5.74) is 1.64. The number of likely N-dealkylation sites (tertiary alicyclic amines) is 1. The molecule has 7 heteroatoms. The van der Waals surface area contributed by atoms with Gasteiger partial charge in [0.05, 0.1) is 16.9 Å². The molecule has 0 saturated carbocycles. The first kappa shape index (κ1) is 25.3. The third-order valence-electron chi connectivity index (χ3n) is 7.02. The van der Waals surface area contributed by atoms with Gasteiger partial charge in [0.25, 0.3) is 5.91 Å². The Labute approximate surface area is 209 Å². The average molecular weight is 478 g/mol. The number of aromatic nitrogens is 1. The van der Waals surface area contributed by atoms with E-state index in [1.807, 2.05) is 18.2 Å². The van der Waals surface area contributed by atoms with Crippen LogP contribution >= 0.6 is 0 Å². The fourth-order valence-corrected chi connectivity index (χ4v) is 5.42. The second-order valence-electron chi connectivity index (χ2n) is 9.66. The zero-order valence-corrected chi connectivity index (χ0v) is 21.2. The minimum absolute atomic E-state index is 0.0268. The number of para-hydroxylation sites is 1. The number of piperidine rings is 1. The van der Waals surface area contributed by atoms with Crippen LogP contribution in [0.4, 0.5) is 17.2 Å². The summed E-state index contributed by atoms with van der Waals surface area (Å²) in [6, 6.07) is 11.4. The second kappa shape index (κ2) is 12.3. The number of anilines is 3. The molecule has 1 atom stereocenters. The van der Waals surface area contributed by atoms with Gasteiger partial charge in [0.15, 0.2) is 5.82 Å². The second-order valence-corrected chi connectivity index (χ2v) is 9.66. The third kappa shape index (κ3) is 6.08. The Morgan fingerprint density at radius 2 is 1.91 bits per heavy atom. The molecule has 1 N–H and O–H groups in total. The van der Waals surface area contributed by atoms with Crippen LogP contribution < -0.4 is 10.2 Å². The molecule has 0 radical (unpaired) electrons. The SMILES string of the molecule is CCCN(CCC)CC1CCCCN1CCCC(=O)N1c2ccccc2C(=O)Nc2cccnc21. The van der Waals surface area contributed by atoms with Crippen LogP contribution in [0, 0.1) is 0 Å². The summed E-state index contributed by atoms with van der Waals surface area (Å²) in [7, 11) is 0. The predicted octanol–water partition coefficient (Wildman–Crippen LogP) is 5.07. The highest BCUT2D eigenvalue weighted by atomic mass is 16.2. The van der Waals surface area contributed by atoms with Crippen molar-refractivity contribution in [3.8, 4) is 0 Å². The van der Waals surface area contributed by atoms with Gasteiger partial charge >= 0.3 is 0 Å². The van der Waals surface area contributed by atoms with Crippen LogP contribution in [-0.4, -0.2) is 65.4 Å². The summed E-state index contributed by atoms with van der Waals surface area (Å²) in [6.45, 7) is 9.98. The lowest BCUT2D eigenvalue weighted by molar-refractivity contribution is -0.118. The Kier molecular flexibility index (Phi) is 8.88. The van der Waals surface area contributed by atoms with E-state index in [4.69, 9.17) is 0 Å². The Morgan fingerprint density at radius 3 is 2.71 bits per heavy atom. The highest BCUT2D eigenvalue weighted by molar-refractivity contribution is 6.17. The summed E-state index contributed by atoms with van der Waals surface area (Å²) in [5.74, 6) is 0.243. The summed E-state index contributed by atoms with van der Waals surface area (Å²) in [5, 5.41) is 2.91. The number of nitrogens with one attached hydrogen (secondary N) is 1. The molecule has 1 aromatic carbocycles. The molecule has 2 aromatic rings. The predicted molar refractivity (Wildman–Crippen MR) is 141 cm³/mol. The molecule has 35 heavy (non-hydrogen) atoms. The molecule has 1 saturated heterocycles. The monoisotopic (exact) mass is 477 g/mol. The zero-order valence-electron chi connectivity index (χ0n) is 21.2. The number of fused-ring (bicyclic) bond motifs is 2. The van der Waals surface area contributed by atoms with Crippen molar-refractivity contribution in [3.63, 3.8) is 0 Å². The quantitative estimate of drug-likeness (QED) is 0.518. The molecule has 2 aliphatic rings. The van der Waals surface area contributed by atoms with Gasteiger partial charge in [-0.05, 0) is 82.5 Å². The van der Waals surface area contributed by atoms with Crippen LogP contribution in [-0.2, 0) is 4.79 Å². The number of hydrogen-bond donors (Lipinski definition) is 1. The van der Waals surface area contributed by atoms with Gasteiger partial charge in [-0.1, -0.05) is 32.4 Å². The van der Waals surface area contributed by atoms with Crippen molar-refractivity contribution in [3.05, 3.63) is 48.2 Å². The summed E-state index contributed by atoms with van der Waals surface area (Å²) in [6.07, 6.45) is 9.00. The highest BCUT2D eigenvalue weighted by Gasteiger charge is 2.30. The van der Waals surface area contributed by atoms with Crippen molar-refractivity contribution in [2.45, 2.75) is 64.8 Å². The van der Waals surface area contributed by atoms with Gasteiger partial charge in [-0.2, -0.15) is 0 Å².